The Morgan fingerprint density at radius 3 is 2.61 bits per heavy atom. The molecule has 23 heavy (non-hydrogen) atoms. The highest BCUT2D eigenvalue weighted by Gasteiger charge is 2.12. The molecular weight excluding hydrogens is 292 g/mol. The lowest BCUT2D eigenvalue weighted by Gasteiger charge is -2.04. The van der Waals surface area contributed by atoms with Crippen molar-refractivity contribution in [3.63, 3.8) is 0 Å². The fraction of sp³-hybridized carbons (Fsp3) is 0.0588. The molecule has 0 aliphatic heterocycles. The summed E-state index contributed by atoms with van der Waals surface area (Å²) >= 11 is 0. The molecule has 2 heterocycles. The molecule has 0 aliphatic carbocycles. The highest BCUT2D eigenvalue weighted by Crippen LogP contribution is 2.18. The van der Waals surface area contributed by atoms with Crippen LogP contribution in [0, 0.1) is 0 Å². The van der Waals surface area contributed by atoms with Crippen LogP contribution >= 0.6 is 0 Å². The largest absolute Gasteiger partial charge is 0.478 e. The second-order valence-electron chi connectivity index (χ2n) is 4.94. The normalized spacial score (nSPS) is 11.0. The van der Waals surface area contributed by atoms with Gasteiger partial charge in [-0.25, -0.2) is 14.8 Å². The average Bonchev–Trinajstić information content (AvgIpc) is 2.99. The highest BCUT2D eigenvalue weighted by molar-refractivity contribution is 5.92. The van der Waals surface area contributed by atoms with Crippen LogP contribution in [0.1, 0.15) is 21.6 Å². The number of carboxylic acid groups (broad SMARTS) is 1. The first kappa shape index (κ1) is 14.6. The van der Waals surface area contributed by atoms with E-state index in [1.807, 2.05) is 43.6 Å². The summed E-state index contributed by atoms with van der Waals surface area (Å²) in [6.45, 7) is 0. The Labute approximate surface area is 132 Å². The molecule has 0 bridgehead atoms. The Balaban J connectivity index is 2.02. The highest BCUT2D eigenvalue weighted by atomic mass is 16.4. The molecule has 6 nitrogen and oxygen atoms in total. The molecule has 0 spiro atoms. The van der Waals surface area contributed by atoms with Crippen LogP contribution in [0.5, 0.6) is 0 Å². The van der Waals surface area contributed by atoms with Gasteiger partial charge in [0.25, 0.3) is 0 Å². The van der Waals surface area contributed by atoms with Crippen molar-refractivity contribution in [2.24, 2.45) is 7.05 Å². The van der Waals surface area contributed by atoms with Crippen molar-refractivity contribution in [1.29, 1.82) is 0 Å². The minimum Gasteiger partial charge on any atom is -0.478 e. The zero-order chi connectivity index (χ0) is 16.2. The summed E-state index contributed by atoms with van der Waals surface area (Å²) in [5, 5.41) is 13.4. The van der Waals surface area contributed by atoms with Gasteiger partial charge in [-0.1, -0.05) is 30.3 Å². The van der Waals surface area contributed by atoms with Crippen molar-refractivity contribution < 1.29 is 9.90 Å². The van der Waals surface area contributed by atoms with E-state index < -0.39 is 5.97 Å². The lowest BCUT2D eigenvalue weighted by molar-refractivity contribution is 0.0695. The topological polar surface area (TPSA) is 80.9 Å². The van der Waals surface area contributed by atoms with Gasteiger partial charge in [0.1, 0.15) is 5.56 Å². The fourth-order valence-corrected chi connectivity index (χ4v) is 2.11. The quantitative estimate of drug-likeness (QED) is 0.801. The van der Waals surface area contributed by atoms with Gasteiger partial charge in [-0.3, -0.25) is 4.68 Å². The van der Waals surface area contributed by atoms with E-state index in [4.69, 9.17) is 0 Å². The number of rotatable bonds is 4. The molecule has 0 aliphatic rings. The summed E-state index contributed by atoms with van der Waals surface area (Å²) in [4.78, 5) is 19.9. The third-order valence-corrected chi connectivity index (χ3v) is 3.24. The van der Waals surface area contributed by atoms with E-state index in [0.29, 0.717) is 11.5 Å². The third-order valence-electron chi connectivity index (χ3n) is 3.24. The first-order valence-corrected chi connectivity index (χ1v) is 6.96. The molecular formula is C17H14N4O2. The summed E-state index contributed by atoms with van der Waals surface area (Å²) in [5.41, 5.74) is 2.12. The molecule has 0 unspecified atom stereocenters. The van der Waals surface area contributed by atoms with Crippen LogP contribution < -0.4 is 0 Å². The SMILES string of the molecule is Cn1cc(/C=C/c2nc(-c3ccccc3)ncc2C(=O)O)cn1. The van der Waals surface area contributed by atoms with Crippen molar-refractivity contribution in [2.45, 2.75) is 0 Å². The average molecular weight is 306 g/mol. The summed E-state index contributed by atoms with van der Waals surface area (Å²) in [6.07, 6.45) is 8.29. The molecule has 3 rings (SSSR count). The maximum absolute atomic E-state index is 11.4. The van der Waals surface area contributed by atoms with Crippen LogP contribution in [0.3, 0.4) is 0 Å². The monoisotopic (exact) mass is 306 g/mol. The molecule has 0 radical (unpaired) electrons. The predicted molar refractivity (Wildman–Crippen MR) is 86.6 cm³/mol. The van der Waals surface area contributed by atoms with Crippen LogP contribution in [0.25, 0.3) is 23.5 Å². The Kier molecular flexibility index (Phi) is 3.97. The van der Waals surface area contributed by atoms with E-state index in [2.05, 4.69) is 15.1 Å². The van der Waals surface area contributed by atoms with Gasteiger partial charge in [0.05, 0.1) is 11.9 Å². The molecule has 0 amide bonds. The second kappa shape index (κ2) is 6.23. The van der Waals surface area contributed by atoms with Crippen molar-refractivity contribution in [3.8, 4) is 11.4 Å². The number of hydrogen-bond donors (Lipinski definition) is 1. The van der Waals surface area contributed by atoms with Gasteiger partial charge in [-0.15, -0.1) is 0 Å². The number of aromatic carboxylic acids is 1. The second-order valence-corrected chi connectivity index (χ2v) is 4.94. The standard InChI is InChI=1S/C17H14N4O2/c1-21-11-12(9-19-21)7-8-15-14(17(22)23)10-18-16(20-15)13-5-3-2-4-6-13/h2-11H,1H3,(H,22,23)/b8-7+. The van der Waals surface area contributed by atoms with Crippen LogP contribution in [-0.2, 0) is 7.05 Å². The molecule has 0 saturated heterocycles. The maximum Gasteiger partial charge on any atom is 0.339 e. The summed E-state index contributed by atoms with van der Waals surface area (Å²) in [6, 6.07) is 9.43. The molecule has 1 aromatic carbocycles. The maximum atomic E-state index is 11.4. The van der Waals surface area contributed by atoms with Gasteiger partial charge in [-0.05, 0) is 12.2 Å². The van der Waals surface area contributed by atoms with E-state index in [-0.39, 0.29) is 5.56 Å². The van der Waals surface area contributed by atoms with E-state index in [1.54, 1.807) is 23.0 Å². The van der Waals surface area contributed by atoms with Crippen molar-refractivity contribution in [3.05, 3.63) is 65.7 Å². The van der Waals surface area contributed by atoms with Gasteiger partial charge < -0.3 is 5.11 Å². The van der Waals surface area contributed by atoms with Crippen LogP contribution in [0.15, 0.2) is 48.9 Å². The zero-order valence-electron chi connectivity index (χ0n) is 12.4. The number of hydrogen-bond acceptors (Lipinski definition) is 4. The Bertz CT molecular complexity index is 869. The number of nitrogens with zero attached hydrogens (tertiary/aromatic N) is 4. The van der Waals surface area contributed by atoms with Gasteiger partial charge in [0.2, 0.25) is 0 Å². The predicted octanol–water partition coefficient (Wildman–Crippen LogP) is 2.75. The Hall–Kier alpha value is -3.28. The van der Waals surface area contributed by atoms with Crippen LogP contribution in [-0.4, -0.2) is 30.8 Å². The summed E-state index contributed by atoms with van der Waals surface area (Å²) < 4.78 is 1.67. The lowest BCUT2D eigenvalue weighted by atomic mass is 10.1. The molecule has 2 aromatic heterocycles. The van der Waals surface area contributed by atoms with E-state index >= 15 is 0 Å². The zero-order valence-corrected chi connectivity index (χ0v) is 12.4. The van der Waals surface area contributed by atoms with Crippen molar-refractivity contribution >= 4 is 18.1 Å². The van der Waals surface area contributed by atoms with Crippen molar-refractivity contribution in [1.82, 2.24) is 19.7 Å². The molecule has 0 fully saturated rings. The number of benzene rings is 1. The minimum absolute atomic E-state index is 0.0600. The van der Waals surface area contributed by atoms with E-state index in [0.717, 1.165) is 11.1 Å². The fourth-order valence-electron chi connectivity index (χ4n) is 2.11. The third kappa shape index (κ3) is 3.32. The lowest BCUT2D eigenvalue weighted by Crippen LogP contribution is -2.04. The van der Waals surface area contributed by atoms with Crippen molar-refractivity contribution in [2.75, 3.05) is 0 Å². The van der Waals surface area contributed by atoms with Gasteiger partial charge >= 0.3 is 5.97 Å². The van der Waals surface area contributed by atoms with E-state index in [1.165, 1.54) is 6.20 Å². The van der Waals surface area contributed by atoms with Crippen LogP contribution in [0.2, 0.25) is 0 Å². The summed E-state index contributed by atoms with van der Waals surface area (Å²) in [5.74, 6) is -0.572. The van der Waals surface area contributed by atoms with Gasteiger partial charge in [0.15, 0.2) is 5.82 Å². The summed E-state index contributed by atoms with van der Waals surface area (Å²) in [7, 11) is 1.82. The van der Waals surface area contributed by atoms with Gasteiger partial charge in [0, 0.05) is 30.6 Å². The smallest absolute Gasteiger partial charge is 0.339 e. The first-order chi connectivity index (χ1) is 11.1. The molecule has 6 heteroatoms. The number of aromatic nitrogens is 4. The Morgan fingerprint density at radius 2 is 1.96 bits per heavy atom. The number of aryl methyl sites for hydroxylation is 1. The van der Waals surface area contributed by atoms with E-state index in [9.17, 15) is 9.90 Å². The number of carbonyl (C=O) groups is 1. The Morgan fingerprint density at radius 1 is 1.17 bits per heavy atom. The van der Waals surface area contributed by atoms with Crippen LogP contribution in [0.4, 0.5) is 0 Å². The molecule has 0 atom stereocenters. The molecule has 114 valence electrons. The molecule has 1 N–H and O–H groups in total. The molecule has 3 aromatic rings. The number of carboxylic acids is 1. The molecule has 0 saturated carbocycles. The minimum atomic E-state index is -1.06. The van der Waals surface area contributed by atoms with Gasteiger partial charge in [-0.2, -0.15) is 5.10 Å². The first-order valence-electron chi connectivity index (χ1n) is 6.96.